The Balaban J connectivity index is 0.000000226. The number of carbonyl (C=O) groups excluding carboxylic acids is 1. The third kappa shape index (κ3) is 6.16. The fourth-order valence-electron chi connectivity index (χ4n) is 5.48. The van der Waals surface area contributed by atoms with Crippen molar-refractivity contribution in [1.29, 1.82) is 0 Å². The molecule has 7 heteroatoms. The van der Waals surface area contributed by atoms with E-state index in [2.05, 4.69) is 28.2 Å². The second-order valence-electron chi connectivity index (χ2n) is 10.7. The van der Waals surface area contributed by atoms with Gasteiger partial charge in [0.25, 0.3) is 5.69 Å². The number of H-pyrrole nitrogens is 2. The topological polar surface area (TPSA) is 118 Å². The number of ketones is 1. The zero-order valence-corrected chi connectivity index (χ0v) is 23.7. The van der Waals surface area contributed by atoms with Gasteiger partial charge in [0.2, 0.25) is 0 Å². The lowest BCUT2D eigenvalue weighted by Gasteiger charge is -2.14. The SMILES string of the molecule is CC(Cc1c[nH]c2ccccc12)c1cccc(C(=O)c2ccccc2)c1[N+](=O)[O-].CC(N)Cc1c[nH]c2ccccc12. The van der Waals surface area contributed by atoms with Gasteiger partial charge < -0.3 is 15.7 Å². The molecule has 0 amide bonds. The van der Waals surface area contributed by atoms with Crippen molar-refractivity contribution in [1.82, 2.24) is 9.97 Å². The first-order valence-corrected chi connectivity index (χ1v) is 14.1. The number of fused-ring (bicyclic) bond motifs is 2. The molecule has 7 nitrogen and oxygen atoms in total. The Morgan fingerprint density at radius 1 is 0.762 bits per heavy atom. The van der Waals surface area contributed by atoms with Crippen LogP contribution >= 0.6 is 0 Å². The van der Waals surface area contributed by atoms with Gasteiger partial charge >= 0.3 is 0 Å². The van der Waals surface area contributed by atoms with Gasteiger partial charge in [-0.1, -0.05) is 85.8 Å². The normalized spacial score (nSPS) is 12.5. The first-order valence-electron chi connectivity index (χ1n) is 14.1. The summed E-state index contributed by atoms with van der Waals surface area (Å²) in [5.41, 5.74) is 11.4. The molecule has 0 aliphatic heterocycles. The monoisotopic (exact) mass is 558 g/mol. The van der Waals surface area contributed by atoms with Crippen LogP contribution in [-0.2, 0) is 12.8 Å². The summed E-state index contributed by atoms with van der Waals surface area (Å²) in [6.45, 7) is 3.99. The van der Waals surface area contributed by atoms with Crippen molar-refractivity contribution in [2.45, 2.75) is 38.6 Å². The third-order valence-corrected chi connectivity index (χ3v) is 7.48. The molecule has 0 aliphatic rings. The van der Waals surface area contributed by atoms with Gasteiger partial charge in [-0.2, -0.15) is 0 Å². The molecule has 0 bridgehead atoms. The molecule has 4 aromatic carbocycles. The van der Waals surface area contributed by atoms with Crippen molar-refractivity contribution in [2.24, 2.45) is 5.73 Å². The molecule has 6 rings (SSSR count). The Hall–Kier alpha value is -5.01. The molecule has 0 fully saturated rings. The van der Waals surface area contributed by atoms with Crippen LogP contribution in [0.3, 0.4) is 0 Å². The van der Waals surface area contributed by atoms with Gasteiger partial charge in [0.1, 0.15) is 5.56 Å². The van der Waals surface area contributed by atoms with Gasteiger partial charge in [-0.3, -0.25) is 14.9 Å². The molecule has 2 aromatic heterocycles. The zero-order valence-electron chi connectivity index (χ0n) is 23.7. The molecular weight excluding hydrogens is 524 g/mol. The quantitative estimate of drug-likeness (QED) is 0.101. The van der Waals surface area contributed by atoms with Gasteiger partial charge in [-0.25, -0.2) is 0 Å². The van der Waals surface area contributed by atoms with E-state index in [1.54, 1.807) is 36.4 Å². The van der Waals surface area contributed by atoms with Crippen molar-refractivity contribution in [3.63, 3.8) is 0 Å². The number of nitro groups is 1. The summed E-state index contributed by atoms with van der Waals surface area (Å²) >= 11 is 0. The standard InChI is InChI=1S/C24H20N2O3.C11H14N2/c1-16(14-18-15-25-22-13-6-5-10-20(18)22)19-11-7-12-21(23(19)26(28)29)24(27)17-8-3-2-4-9-17;1-8(12)6-9-7-13-11-5-3-2-4-10(9)11/h2-13,15-16,25H,14H2,1H3;2-5,7-8,13H,6,12H2,1H3. The molecule has 0 radical (unpaired) electrons. The number of nitro benzene ring substituents is 1. The van der Waals surface area contributed by atoms with Crippen molar-refractivity contribution in [2.75, 3.05) is 0 Å². The highest BCUT2D eigenvalue weighted by Gasteiger charge is 2.28. The number of hydrogen-bond donors (Lipinski definition) is 3. The summed E-state index contributed by atoms with van der Waals surface area (Å²) in [7, 11) is 0. The number of rotatable bonds is 8. The highest BCUT2D eigenvalue weighted by molar-refractivity contribution is 6.11. The lowest BCUT2D eigenvalue weighted by atomic mass is 9.89. The molecule has 2 heterocycles. The predicted molar refractivity (Wildman–Crippen MR) is 169 cm³/mol. The molecule has 212 valence electrons. The number of aromatic amines is 2. The minimum absolute atomic E-state index is 0.103. The van der Waals surface area contributed by atoms with Crippen LogP contribution in [0.2, 0.25) is 0 Å². The maximum atomic E-state index is 12.9. The highest BCUT2D eigenvalue weighted by Crippen LogP contribution is 2.34. The third-order valence-electron chi connectivity index (χ3n) is 7.48. The van der Waals surface area contributed by atoms with E-state index in [1.165, 1.54) is 22.5 Å². The van der Waals surface area contributed by atoms with E-state index in [9.17, 15) is 14.9 Å². The van der Waals surface area contributed by atoms with Crippen molar-refractivity contribution < 1.29 is 9.72 Å². The number of benzene rings is 4. The summed E-state index contributed by atoms with van der Waals surface area (Å²) in [5, 5.41) is 14.3. The Morgan fingerprint density at radius 2 is 1.31 bits per heavy atom. The lowest BCUT2D eigenvalue weighted by Crippen LogP contribution is -2.17. The van der Waals surface area contributed by atoms with E-state index in [0.29, 0.717) is 17.5 Å². The van der Waals surface area contributed by atoms with Crippen molar-refractivity contribution in [3.8, 4) is 0 Å². The number of nitrogens with one attached hydrogen (secondary N) is 2. The molecule has 4 N–H and O–H groups in total. The van der Waals surface area contributed by atoms with E-state index in [-0.39, 0.29) is 29.0 Å². The number of hydrogen-bond acceptors (Lipinski definition) is 4. The Bertz CT molecular complexity index is 1840. The summed E-state index contributed by atoms with van der Waals surface area (Å²) in [6.07, 6.45) is 5.57. The largest absolute Gasteiger partial charge is 0.361 e. The fourth-order valence-corrected chi connectivity index (χ4v) is 5.48. The minimum Gasteiger partial charge on any atom is -0.361 e. The Morgan fingerprint density at radius 3 is 1.88 bits per heavy atom. The van der Waals surface area contributed by atoms with Crippen LogP contribution in [0.1, 0.15) is 52.4 Å². The second kappa shape index (κ2) is 12.7. The van der Waals surface area contributed by atoms with Crippen LogP contribution in [0.25, 0.3) is 21.8 Å². The Kier molecular flexibility index (Phi) is 8.60. The van der Waals surface area contributed by atoms with Crippen LogP contribution in [0.4, 0.5) is 5.69 Å². The number of nitrogens with two attached hydrogens (primary N) is 1. The van der Waals surface area contributed by atoms with Crippen LogP contribution in [-0.4, -0.2) is 26.7 Å². The van der Waals surface area contributed by atoms with Crippen LogP contribution in [0.15, 0.2) is 109 Å². The van der Waals surface area contributed by atoms with Crippen LogP contribution in [0.5, 0.6) is 0 Å². The molecular formula is C35H34N4O3. The molecule has 0 saturated heterocycles. The number of carbonyl (C=O) groups is 1. The summed E-state index contributed by atoms with van der Waals surface area (Å²) < 4.78 is 0. The number of aromatic nitrogens is 2. The van der Waals surface area contributed by atoms with E-state index < -0.39 is 4.92 Å². The fraction of sp³-hybridized carbons (Fsp3) is 0.171. The lowest BCUT2D eigenvalue weighted by molar-refractivity contribution is -0.386. The smallest absolute Gasteiger partial charge is 0.283 e. The zero-order chi connectivity index (χ0) is 29.6. The molecule has 2 atom stereocenters. The van der Waals surface area contributed by atoms with Gasteiger partial charge in [0, 0.05) is 51.4 Å². The first-order chi connectivity index (χ1) is 20.3. The maximum Gasteiger partial charge on any atom is 0.283 e. The molecule has 0 aliphatic carbocycles. The van der Waals surface area contributed by atoms with E-state index in [1.807, 2.05) is 62.6 Å². The average Bonchev–Trinajstić information content (AvgIpc) is 3.61. The average molecular weight is 559 g/mol. The maximum absolute atomic E-state index is 12.9. The van der Waals surface area contributed by atoms with Gasteiger partial charge in [0.05, 0.1) is 4.92 Å². The Labute approximate surface area is 244 Å². The van der Waals surface area contributed by atoms with Gasteiger partial charge in [-0.05, 0) is 55.0 Å². The number of nitrogens with zero attached hydrogens (tertiary/aromatic N) is 1. The van der Waals surface area contributed by atoms with Crippen molar-refractivity contribution in [3.05, 3.63) is 147 Å². The summed E-state index contributed by atoms with van der Waals surface area (Å²) in [6, 6.07) is 30.2. The molecule has 2 unspecified atom stereocenters. The minimum atomic E-state index is -0.433. The predicted octanol–water partition coefficient (Wildman–Crippen LogP) is 7.71. The van der Waals surface area contributed by atoms with Gasteiger partial charge in [-0.15, -0.1) is 0 Å². The van der Waals surface area contributed by atoms with Crippen molar-refractivity contribution >= 4 is 33.3 Å². The molecule has 0 saturated carbocycles. The van der Waals surface area contributed by atoms with E-state index >= 15 is 0 Å². The molecule has 42 heavy (non-hydrogen) atoms. The number of para-hydroxylation sites is 3. The van der Waals surface area contributed by atoms with E-state index in [0.717, 1.165) is 22.9 Å². The first kappa shape index (κ1) is 28.5. The summed E-state index contributed by atoms with van der Waals surface area (Å²) in [4.78, 5) is 30.9. The molecule has 6 aromatic rings. The van der Waals surface area contributed by atoms with Gasteiger partial charge in [0.15, 0.2) is 5.78 Å². The van der Waals surface area contributed by atoms with Crippen LogP contribution < -0.4 is 5.73 Å². The molecule has 0 spiro atoms. The second-order valence-corrected chi connectivity index (χ2v) is 10.7. The van der Waals surface area contributed by atoms with Crippen LogP contribution in [0, 0.1) is 10.1 Å². The van der Waals surface area contributed by atoms with E-state index in [4.69, 9.17) is 5.73 Å². The highest BCUT2D eigenvalue weighted by atomic mass is 16.6. The summed E-state index contributed by atoms with van der Waals surface area (Å²) in [5.74, 6) is -0.462.